The third kappa shape index (κ3) is 4.19. The maximum absolute atomic E-state index is 12.8. The largest absolute Gasteiger partial charge is 0.504 e. The molecule has 0 saturated carbocycles. The average Bonchev–Trinajstić information content (AvgIpc) is 2.61. The summed E-state index contributed by atoms with van der Waals surface area (Å²) in [5, 5.41) is 0. The van der Waals surface area contributed by atoms with Gasteiger partial charge in [0.15, 0.2) is 0 Å². The summed E-state index contributed by atoms with van der Waals surface area (Å²) in [6.07, 6.45) is 0.134. The molecular formula is C18H18N2O6S2. The van der Waals surface area contributed by atoms with E-state index in [1.165, 1.54) is 31.2 Å². The summed E-state index contributed by atoms with van der Waals surface area (Å²) in [7, 11) is -9.27. The van der Waals surface area contributed by atoms with E-state index in [1.807, 2.05) is 0 Å². The predicted octanol–water partition coefficient (Wildman–Crippen LogP) is 2.45. The van der Waals surface area contributed by atoms with Crippen molar-refractivity contribution in [2.75, 3.05) is 0 Å². The molecule has 0 unspecified atom stereocenters. The minimum Gasteiger partial charge on any atom is -0.427 e. The highest BCUT2D eigenvalue weighted by atomic mass is 32.3. The Morgan fingerprint density at radius 3 is 2.11 bits per heavy atom. The Kier molecular flexibility index (Phi) is 6.18. The highest BCUT2D eigenvalue weighted by Gasteiger charge is 2.44. The predicted molar refractivity (Wildman–Crippen MR) is 101 cm³/mol. The topological polar surface area (TPSA) is 131 Å². The summed E-state index contributed by atoms with van der Waals surface area (Å²) in [5.41, 5.74) is 10.3. The van der Waals surface area contributed by atoms with Crippen molar-refractivity contribution in [2.24, 2.45) is 0 Å². The quantitative estimate of drug-likeness (QED) is 0.186. The van der Waals surface area contributed by atoms with Gasteiger partial charge in [-0.1, -0.05) is 24.6 Å². The zero-order chi connectivity index (χ0) is 21.1. The van der Waals surface area contributed by atoms with Gasteiger partial charge in [-0.2, -0.15) is 0 Å². The number of carbonyl (C=O) groups excluding carboxylic acids is 1. The molecule has 0 aliphatic heterocycles. The molecule has 0 amide bonds. The van der Waals surface area contributed by atoms with Crippen LogP contribution in [0.5, 0.6) is 5.75 Å². The number of carbonyl (C=O) groups is 1. The van der Waals surface area contributed by atoms with Crippen molar-refractivity contribution in [3.63, 3.8) is 0 Å². The molecule has 0 aliphatic carbocycles. The van der Waals surface area contributed by atoms with Gasteiger partial charge in [0.05, 0.1) is 9.79 Å². The maximum Gasteiger partial charge on any atom is 0.504 e. The van der Waals surface area contributed by atoms with E-state index in [0.717, 1.165) is 17.7 Å². The number of ether oxygens (including phenoxy) is 1. The molecule has 8 nitrogen and oxygen atoms in total. The monoisotopic (exact) mass is 422 g/mol. The van der Waals surface area contributed by atoms with E-state index in [4.69, 9.17) is 4.74 Å². The zero-order valence-electron chi connectivity index (χ0n) is 15.4. The van der Waals surface area contributed by atoms with Gasteiger partial charge >= 0.3 is 10.3 Å². The standard InChI is InChI=1S/C18H18N2O6S2/c1-4-17(21)26-14-6-8-15(9-7-14)27(22,23)18(20-19)28(24,25)16-10-5-12(2)11-13(16)3/h5-11H,4H2,1-3H3. The van der Waals surface area contributed by atoms with Gasteiger partial charge < -0.3 is 10.3 Å². The Labute approximate surface area is 163 Å². The third-order valence-electron chi connectivity index (χ3n) is 3.82. The first-order chi connectivity index (χ1) is 13.0. The number of hydrogen-bond donors (Lipinski definition) is 0. The Balaban J connectivity index is 2.50. The fraction of sp³-hybridized carbons (Fsp3) is 0.222. The molecular weight excluding hydrogens is 404 g/mol. The Morgan fingerprint density at radius 1 is 1.00 bits per heavy atom. The lowest BCUT2D eigenvalue weighted by Crippen LogP contribution is -2.26. The molecule has 0 bridgehead atoms. The van der Waals surface area contributed by atoms with Crippen LogP contribution in [0.2, 0.25) is 0 Å². The van der Waals surface area contributed by atoms with Crippen molar-refractivity contribution < 1.29 is 31.2 Å². The summed E-state index contributed by atoms with van der Waals surface area (Å²) in [4.78, 5) is 13.2. The Hall–Kier alpha value is -2.81. The third-order valence-corrected chi connectivity index (χ3v) is 8.14. The van der Waals surface area contributed by atoms with Crippen molar-refractivity contribution in [3.8, 4) is 5.75 Å². The molecule has 0 atom stereocenters. The van der Waals surface area contributed by atoms with E-state index in [9.17, 15) is 27.2 Å². The number of nitrogens with zero attached hydrogens (tertiary/aromatic N) is 2. The molecule has 0 aliphatic rings. The van der Waals surface area contributed by atoms with E-state index in [0.29, 0.717) is 5.56 Å². The lowest BCUT2D eigenvalue weighted by atomic mass is 10.2. The molecule has 0 aromatic heterocycles. The van der Waals surface area contributed by atoms with Gasteiger partial charge in [0.1, 0.15) is 5.75 Å². The zero-order valence-corrected chi connectivity index (χ0v) is 17.0. The van der Waals surface area contributed by atoms with Crippen LogP contribution in [0.3, 0.4) is 0 Å². The summed E-state index contributed by atoms with van der Waals surface area (Å²) in [5.74, 6) is -0.406. The second-order valence-corrected chi connectivity index (χ2v) is 9.90. The molecule has 2 rings (SSSR count). The normalized spacial score (nSPS) is 11.5. The van der Waals surface area contributed by atoms with Crippen LogP contribution in [0.1, 0.15) is 24.5 Å². The van der Waals surface area contributed by atoms with Crippen molar-refractivity contribution in [1.82, 2.24) is 0 Å². The number of esters is 1. The Bertz CT molecular complexity index is 1180. The molecule has 10 heteroatoms. The Morgan fingerprint density at radius 2 is 1.61 bits per heavy atom. The van der Waals surface area contributed by atoms with Gasteiger partial charge in [0, 0.05) is 6.42 Å². The summed E-state index contributed by atoms with van der Waals surface area (Å²) in [6, 6.07) is 8.89. The minimum atomic E-state index is -4.66. The van der Waals surface area contributed by atoms with Gasteiger partial charge in [-0.05, 0) is 49.7 Å². The van der Waals surface area contributed by atoms with Crippen molar-refractivity contribution >= 4 is 30.0 Å². The molecule has 0 heterocycles. The second-order valence-electron chi connectivity index (χ2n) is 5.94. The smallest absolute Gasteiger partial charge is 0.427 e. The van der Waals surface area contributed by atoms with Crippen LogP contribution in [0.15, 0.2) is 52.3 Å². The minimum absolute atomic E-state index is 0.102. The van der Waals surface area contributed by atoms with Crippen LogP contribution in [0.25, 0.3) is 5.53 Å². The lowest BCUT2D eigenvalue weighted by molar-refractivity contribution is -0.134. The van der Waals surface area contributed by atoms with Crippen LogP contribution in [0.4, 0.5) is 0 Å². The fourth-order valence-corrected chi connectivity index (χ4v) is 5.98. The van der Waals surface area contributed by atoms with Crippen LogP contribution in [-0.4, -0.2) is 32.0 Å². The van der Waals surface area contributed by atoms with Gasteiger partial charge in [-0.25, -0.2) is 16.8 Å². The highest BCUT2D eigenvalue weighted by Crippen LogP contribution is 2.25. The average molecular weight is 422 g/mol. The van der Waals surface area contributed by atoms with Crippen molar-refractivity contribution in [1.29, 1.82) is 0 Å². The molecule has 0 saturated heterocycles. The van der Waals surface area contributed by atoms with Crippen LogP contribution in [-0.2, 0) is 24.5 Å². The molecule has 28 heavy (non-hydrogen) atoms. The van der Waals surface area contributed by atoms with E-state index in [2.05, 4.69) is 4.79 Å². The van der Waals surface area contributed by atoms with E-state index in [1.54, 1.807) is 19.9 Å². The number of rotatable bonds is 4. The first-order valence-corrected chi connectivity index (χ1v) is 11.1. The van der Waals surface area contributed by atoms with Crippen molar-refractivity contribution in [3.05, 3.63) is 59.1 Å². The van der Waals surface area contributed by atoms with E-state index >= 15 is 0 Å². The lowest BCUT2D eigenvalue weighted by Gasteiger charge is -2.07. The highest BCUT2D eigenvalue weighted by molar-refractivity contribution is 8.31. The number of benzene rings is 2. The fourth-order valence-electron chi connectivity index (χ4n) is 2.44. The van der Waals surface area contributed by atoms with Gasteiger partial charge in [0.2, 0.25) is 0 Å². The number of hydrogen-bond acceptors (Lipinski definition) is 6. The molecule has 0 spiro atoms. The molecule has 2 aromatic carbocycles. The van der Waals surface area contributed by atoms with E-state index < -0.39 is 34.9 Å². The maximum atomic E-state index is 12.8. The number of aryl methyl sites for hydroxylation is 2. The second kappa shape index (κ2) is 8.05. The summed E-state index contributed by atoms with van der Waals surface area (Å²) in [6.45, 7) is 4.87. The molecule has 148 valence electrons. The molecule has 0 radical (unpaired) electrons. The van der Waals surface area contributed by atoms with Crippen LogP contribution in [0, 0.1) is 13.8 Å². The molecule has 2 aromatic rings. The van der Waals surface area contributed by atoms with Gasteiger partial charge in [-0.3, -0.25) is 4.79 Å². The summed E-state index contributed by atoms with van der Waals surface area (Å²) < 4.78 is 54.8. The van der Waals surface area contributed by atoms with Gasteiger partial charge in [0.25, 0.3) is 19.7 Å². The van der Waals surface area contributed by atoms with Gasteiger partial charge in [-0.15, -0.1) is 4.79 Å². The first kappa shape index (κ1) is 21.5. The summed E-state index contributed by atoms with van der Waals surface area (Å²) >= 11 is 0. The van der Waals surface area contributed by atoms with Crippen LogP contribution >= 0.6 is 0 Å². The molecule has 0 fully saturated rings. The number of sulfone groups is 2. The van der Waals surface area contributed by atoms with E-state index in [-0.39, 0.29) is 17.1 Å². The molecule has 0 N–H and O–H groups in total. The SMILES string of the molecule is CCC(=O)Oc1ccc(S(=O)(=O)C(=[N+]=[N-])S(=O)(=O)c2ccc(C)cc2C)cc1. The first-order valence-electron chi connectivity index (χ1n) is 8.14. The van der Waals surface area contributed by atoms with Crippen LogP contribution < -0.4 is 4.74 Å². The van der Waals surface area contributed by atoms with Crippen molar-refractivity contribution in [2.45, 2.75) is 37.0 Å².